The zero-order valence-corrected chi connectivity index (χ0v) is 21.8. The van der Waals surface area contributed by atoms with Gasteiger partial charge in [0.05, 0.1) is 24.8 Å². The minimum atomic E-state index is -0.685. The van der Waals surface area contributed by atoms with Gasteiger partial charge in [-0.3, -0.25) is 9.59 Å². The van der Waals surface area contributed by atoms with Crippen molar-refractivity contribution < 1.29 is 24.2 Å². The minimum absolute atomic E-state index is 0.0950. The third kappa shape index (κ3) is 6.66. The zero-order valence-electron chi connectivity index (χ0n) is 21.8. The number of ketones is 1. The van der Waals surface area contributed by atoms with Gasteiger partial charge < -0.3 is 24.4 Å². The third-order valence-electron chi connectivity index (χ3n) is 6.14. The molecular weight excluding hydrogens is 456 g/mol. The molecule has 0 bridgehead atoms. The first kappa shape index (κ1) is 27.3. The lowest BCUT2D eigenvalue weighted by Crippen LogP contribution is -2.35. The Kier molecular flexibility index (Phi) is 9.94. The summed E-state index contributed by atoms with van der Waals surface area (Å²) in [6.45, 7) is 6.37. The average Bonchev–Trinajstić information content (AvgIpc) is 3.14. The first-order chi connectivity index (χ1) is 17.4. The van der Waals surface area contributed by atoms with Crippen LogP contribution in [0.25, 0.3) is 5.76 Å². The van der Waals surface area contributed by atoms with Crippen LogP contribution in [0.4, 0.5) is 0 Å². The van der Waals surface area contributed by atoms with E-state index in [1.807, 2.05) is 50.2 Å². The molecule has 1 atom stereocenters. The first-order valence-corrected chi connectivity index (χ1v) is 12.8. The van der Waals surface area contributed by atoms with Crippen molar-refractivity contribution in [2.75, 3.05) is 40.4 Å². The average molecular weight is 495 g/mol. The molecule has 1 aliphatic heterocycles. The topological polar surface area (TPSA) is 79.3 Å². The fraction of sp³-hybridized carbons (Fsp3) is 0.448. The van der Waals surface area contributed by atoms with Crippen LogP contribution in [0.15, 0.2) is 54.1 Å². The second kappa shape index (κ2) is 13.1. The number of hydrogen-bond acceptors (Lipinski definition) is 6. The summed E-state index contributed by atoms with van der Waals surface area (Å²) in [5.41, 5.74) is 1.31. The van der Waals surface area contributed by atoms with Gasteiger partial charge >= 0.3 is 0 Å². The number of aliphatic hydroxyl groups excluding tert-OH is 1. The van der Waals surface area contributed by atoms with Gasteiger partial charge in [0.25, 0.3) is 11.7 Å². The van der Waals surface area contributed by atoms with Crippen molar-refractivity contribution in [3.05, 3.63) is 65.2 Å². The van der Waals surface area contributed by atoms with Crippen molar-refractivity contribution in [2.24, 2.45) is 0 Å². The van der Waals surface area contributed by atoms with Crippen molar-refractivity contribution in [3.63, 3.8) is 0 Å². The number of carbonyl (C=O) groups excluding carboxylic acids is 2. The molecule has 7 heteroatoms. The van der Waals surface area contributed by atoms with Crippen molar-refractivity contribution in [1.82, 2.24) is 9.80 Å². The lowest BCUT2D eigenvalue weighted by molar-refractivity contribution is -0.140. The molecule has 1 unspecified atom stereocenters. The monoisotopic (exact) mass is 494 g/mol. The van der Waals surface area contributed by atoms with Gasteiger partial charge in [-0.1, -0.05) is 38.8 Å². The molecule has 0 aromatic heterocycles. The zero-order chi connectivity index (χ0) is 26.1. The van der Waals surface area contributed by atoms with E-state index in [0.29, 0.717) is 37.6 Å². The lowest BCUT2D eigenvalue weighted by Gasteiger charge is -2.26. The highest BCUT2D eigenvalue weighted by Gasteiger charge is 2.45. The standard InChI is InChI=1S/C29H38N2O5/c1-5-7-8-20-36-24-13-9-21(10-14-24)26-25(28(33)29(34)31(26)18-17-30(3)4)27(32)22-11-15-23(16-12-22)35-19-6-2/h9-16,26,32H,5-8,17-20H2,1-4H3. The fourth-order valence-corrected chi connectivity index (χ4v) is 4.14. The van der Waals surface area contributed by atoms with Gasteiger partial charge in [-0.05, 0) is 68.9 Å². The molecule has 1 fully saturated rings. The largest absolute Gasteiger partial charge is 0.507 e. The molecule has 2 aromatic rings. The van der Waals surface area contributed by atoms with Gasteiger partial charge in [0.1, 0.15) is 17.3 Å². The number of amides is 1. The molecule has 3 rings (SSSR count). The summed E-state index contributed by atoms with van der Waals surface area (Å²) in [5, 5.41) is 11.2. The number of nitrogens with zero attached hydrogens (tertiary/aromatic N) is 2. The van der Waals surface area contributed by atoms with Crippen molar-refractivity contribution in [1.29, 1.82) is 0 Å². The van der Waals surface area contributed by atoms with E-state index in [9.17, 15) is 14.7 Å². The van der Waals surface area contributed by atoms with Crippen LogP contribution in [0.2, 0.25) is 0 Å². The Balaban J connectivity index is 1.95. The summed E-state index contributed by atoms with van der Waals surface area (Å²) >= 11 is 0. The minimum Gasteiger partial charge on any atom is -0.507 e. The number of Topliss-reactive ketones (excluding diaryl/α,β-unsaturated/α-hetero) is 1. The highest BCUT2D eigenvalue weighted by molar-refractivity contribution is 6.46. The fourth-order valence-electron chi connectivity index (χ4n) is 4.14. The Morgan fingerprint density at radius 3 is 2.08 bits per heavy atom. The van der Waals surface area contributed by atoms with Crippen molar-refractivity contribution >= 4 is 17.4 Å². The molecule has 1 amide bonds. The number of rotatable bonds is 13. The van der Waals surface area contributed by atoms with E-state index in [1.54, 1.807) is 29.2 Å². The van der Waals surface area contributed by atoms with E-state index >= 15 is 0 Å². The van der Waals surface area contributed by atoms with E-state index in [4.69, 9.17) is 9.47 Å². The number of likely N-dealkylation sites (N-methyl/N-ethyl adjacent to an activating group) is 1. The second-order valence-electron chi connectivity index (χ2n) is 9.29. The predicted octanol–water partition coefficient (Wildman–Crippen LogP) is 5.03. The Hall–Kier alpha value is -3.32. The van der Waals surface area contributed by atoms with Gasteiger partial charge in [-0.25, -0.2) is 0 Å². The molecule has 0 spiro atoms. The Morgan fingerprint density at radius 2 is 1.50 bits per heavy atom. The van der Waals surface area contributed by atoms with Crippen LogP contribution in [-0.2, 0) is 9.59 Å². The number of likely N-dealkylation sites (tertiary alicyclic amines) is 1. The van der Waals surface area contributed by atoms with Gasteiger partial charge in [0, 0.05) is 18.7 Å². The molecule has 1 N–H and O–H groups in total. The van der Waals surface area contributed by atoms with Gasteiger partial charge in [0.15, 0.2) is 0 Å². The normalized spacial score (nSPS) is 17.1. The van der Waals surface area contributed by atoms with Crippen LogP contribution in [0.3, 0.4) is 0 Å². The molecule has 0 aliphatic carbocycles. The van der Waals surface area contributed by atoms with E-state index in [0.717, 1.165) is 37.0 Å². The Labute approximate surface area is 214 Å². The van der Waals surface area contributed by atoms with Crippen LogP contribution in [-0.4, -0.2) is 67.0 Å². The van der Waals surface area contributed by atoms with Crippen molar-refractivity contribution in [2.45, 2.75) is 45.6 Å². The van der Waals surface area contributed by atoms with Crippen LogP contribution < -0.4 is 9.47 Å². The molecule has 2 aromatic carbocycles. The molecule has 7 nitrogen and oxygen atoms in total. The van der Waals surface area contributed by atoms with Gasteiger partial charge in [0.2, 0.25) is 0 Å². The number of benzene rings is 2. The number of unbranched alkanes of at least 4 members (excludes halogenated alkanes) is 2. The van der Waals surface area contributed by atoms with E-state index < -0.39 is 17.7 Å². The molecular formula is C29H38N2O5. The molecule has 1 heterocycles. The van der Waals surface area contributed by atoms with Gasteiger partial charge in [-0.15, -0.1) is 0 Å². The predicted molar refractivity (Wildman–Crippen MR) is 141 cm³/mol. The summed E-state index contributed by atoms with van der Waals surface area (Å²) in [6.07, 6.45) is 4.12. The smallest absolute Gasteiger partial charge is 0.295 e. The van der Waals surface area contributed by atoms with E-state index in [1.165, 1.54) is 0 Å². The Morgan fingerprint density at radius 1 is 0.889 bits per heavy atom. The second-order valence-corrected chi connectivity index (χ2v) is 9.29. The third-order valence-corrected chi connectivity index (χ3v) is 6.14. The van der Waals surface area contributed by atoms with Gasteiger partial charge in [-0.2, -0.15) is 0 Å². The number of carbonyl (C=O) groups is 2. The molecule has 1 saturated heterocycles. The van der Waals surface area contributed by atoms with Crippen LogP contribution >= 0.6 is 0 Å². The van der Waals surface area contributed by atoms with E-state index in [2.05, 4.69) is 6.92 Å². The van der Waals surface area contributed by atoms with E-state index in [-0.39, 0.29) is 11.3 Å². The molecule has 0 radical (unpaired) electrons. The number of hydrogen-bond donors (Lipinski definition) is 1. The lowest BCUT2D eigenvalue weighted by atomic mass is 9.95. The van der Waals surface area contributed by atoms with Crippen LogP contribution in [0.1, 0.15) is 56.7 Å². The van der Waals surface area contributed by atoms with Crippen LogP contribution in [0.5, 0.6) is 11.5 Å². The summed E-state index contributed by atoms with van der Waals surface area (Å²) in [4.78, 5) is 29.7. The summed E-state index contributed by atoms with van der Waals surface area (Å²) in [5.74, 6) is -0.0463. The summed E-state index contributed by atoms with van der Waals surface area (Å²) < 4.78 is 11.5. The Bertz CT molecular complexity index is 1040. The first-order valence-electron chi connectivity index (χ1n) is 12.8. The quantitative estimate of drug-likeness (QED) is 0.182. The maximum atomic E-state index is 13.2. The molecule has 36 heavy (non-hydrogen) atoms. The summed E-state index contributed by atoms with van der Waals surface area (Å²) in [6, 6.07) is 13.7. The number of aliphatic hydroxyl groups is 1. The molecule has 0 saturated carbocycles. The summed E-state index contributed by atoms with van der Waals surface area (Å²) in [7, 11) is 3.83. The van der Waals surface area contributed by atoms with Crippen molar-refractivity contribution in [3.8, 4) is 11.5 Å². The molecule has 1 aliphatic rings. The molecule has 194 valence electrons. The maximum absolute atomic E-state index is 13.2. The SMILES string of the molecule is CCCCCOc1ccc(C2C(=C(O)c3ccc(OCCC)cc3)C(=O)C(=O)N2CCN(C)C)cc1. The van der Waals surface area contributed by atoms with Crippen LogP contribution in [0, 0.1) is 0 Å². The highest BCUT2D eigenvalue weighted by atomic mass is 16.5. The highest BCUT2D eigenvalue weighted by Crippen LogP contribution is 2.39. The number of ether oxygens (including phenoxy) is 2. The maximum Gasteiger partial charge on any atom is 0.295 e.